The number of urea groups is 1. The minimum atomic E-state index is -0.269. The van der Waals surface area contributed by atoms with Crippen molar-refractivity contribution in [2.24, 2.45) is 0 Å². The van der Waals surface area contributed by atoms with E-state index in [1.807, 2.05) is 12.1 Å². The molecule has 1 atom stereocenters. The van der Waals surface area contributed by atoms with Crippen molar-refractivity contribution in [1.82, 2.24) is 15.3 Å². The van der Waals surface area contributed by atoms with Crippen molar-refractivity contribution in [3.63, 3.8) is 0 Å². The van der Waals surface area contributed by atoms with Crippen molar-refractivity contribution in [3.8, 4) is 0 Å². The summed E-state index contributed by atoms with van der Waals surface area (Å²) in [7, 11) is 0. The summed E-state index contributed by atoms with van der Waals surface area (Å²) in [5.41, 5.74) is 1.60. The van der Waals surface area contributed by atoms with Crippen LogP contribution in [0.2, 0.25) is 0 Å². The number of nitrogens with zero attached hydrogens (tertiary/aromatic N) is 3. The van der Waals surface area contributed by atoms with Gasteiger partial charge in [0, 0.05) is 32.0 Å². The molecule has 1 aliphatic heterocycles. The molecule has 2 N–H and O–H groups in total. The molecule has 0 spiro atoms. The molecule has 1 saturated heterocycles. The van der Waals surface area contributed by atoms with Gasteiger partial charge in [-0.2, -0.15) is 0 Å². The summed E-state index contributed by atoms with van der Waals surface area (Å²) >= 11 is 0. The molecule has 0 saturated carbocycles. The normalized spacial score (nSPS) is 17.4. The van der Waals surface area contributed by atoms with E-state index in [0.29, 0.717) is 12.2 Å². The average molecular weight is 327 g/mol. The molecule has 126 valence electrons. The van der Waals surface area contributed by atoms with E-state index in [1.54, 1.807) is 30.7 Å². The van der Waals surface area contributed by atoms with E-state index in [9.17, 15) is 4.79 Å². The molecular formula is C17H21N5O2. The van der Waals surface area contributed by atoms with Crippen LogP contribution in [0.25, 0.3) is 0 Å². The van der Waals surface area contributed by atoms with Crippen molar-refractivity contribution < 1.29 is 9.53 Å². The van der Waals surface area contributed by atoms with Gasteiger partial charge < -0.3 is 20.3 Å². The molecule has 2 aromatic heterocycles. The Morgan fingerprint density at radius 3 is 3.00 bits per heavy atom. The van der Waals surface area contributed by atoms with Gasteiger partial charge in [0.05, 0.1) is 24.6 Å². The maximum absolute atomic E-state index is 11.8. The van der Waals surface area contributed by atoms with Crippen LogP contribution in [0.4, 0.5) is 16.3 Å². The number of anilines is 2. The lowest BCUT2D eigenvalue weighted by Gasteiger charge is -2.32. The first-order chi connectivity index (χ1) is 11.7. The van der Waals surface area contributed by atoms with Crippen LogP contribution in [-0.2, 0) is 11.3 Å². The van der Waals surface area contributed by atoms with Gasteiger partial charge in [0.15, 0.2) is 0 Å². The number of carbonyl (C=O) groups excluding carboxylic acids is 1. The Hall–Kier alpha value is -2.67. The molecule has 3 heterocycles. The van der Waals surface area contributed by atoms with Crippen LogP contribution in [0.5, 0.6) is 0 Å². The van der Waals surface area contributed by atoms with Gasteiger partial charge in [-0.05, 0) is 30.7 Å². The standard InChI is InChI=1S/C17H21N5O2/c1-13-12-22(7-8-24-13)16-5-4-14(9-19-16)10-20-17(23)21-15-3-2-6-18-11-15/h2-6,9,11,13H,7-8,10,12H2,1H3,(H2,20,21,23)/t13-/m1/s1. The number of rotatable bonds is 4. The van der Waals surface area contributed by atoms with Crippen LogP contribution >= 0.6 is 0 Å². The Morgan fingerprint density at radius 1 is 1.38 bits per heavy atom. The summed E-state index contributed by atoms with van der Waals surface area (Å²) in [6, 6.07) is 7.24. The second kappa shape index (κ2) is 7.74. The summed E-state index contributed by atoms with van der Waals surface area (Å²) in [6.45, 7) is 4.89. The topological polar surface area (TPSA) is 79.4 Å². The van der Waals surface area contributed by atoms with Crippen molar-refractivity contribution in [2.45, 2.75) is 19.6 Å². The van der Waals surface area contributed by atoms with Crippen LogP contribution in [0.3, 0.4) is 0 Å². The third kappa shape index (κ3) is 4.42. The number of nitrogens with one attached hydrogen (secondary N) is 2. The fraction of sp³-hybridized carbons (Fsp3) is 0.353. The molecule has 0 bridgehead atoms. The number of carbonyl (C=O) groups is 1. The molecule has 2 aromatic rings. The summed E-state index contributed by atoms with van der Waals surface area (Å²) in [5, 5.41) is 5.53. The number of pyridine rings is 2. The second-order valence-electron chi connectivity index (χ2n) is 5.70. The number of hydrogen-bond acceptors (Lipinski definition) is 5. The highest BCUT2D eigenvalue weighted by Crippen LogP contribution is 2.15. The minimum absolute atomic E-state index is 0.220. The van der Waals surface area contributed by atoms with Crippen LogP contribution in [0.15, 0.2) is 42.9 Å². The molecule has 1 aliphatic rings. The molecule has 1 fully saturated rings. The second-order valence-corrected chi connectivity index (χ2v) is 5.70. The van der Waals surface area contributed by atoms with Crippen molar-refractivity contribution in [3.05, 3.63) is 48.4 Å². The zero-order valence-electron chi connectivity index (χ0n) is 13.6. The third-order valence-corrected chi connectivity index (χ3v) is 3.75. The summed E-state index contributed by atoms with van der Waals surface area (Å²) in [5.74, 6) is 0.939. The molecule has 7 heteroatoms. The van der Waals surface area contributed by atoms with Crippen LogP contribution in [-0.4, -0.2) is 41.8 Å². The third-order valence-electron chi connectivity index (χ3n) is 3.75. The van der Waals surface area contributed by atoms with E-state index in [4.69, 9.17) is 4.74 Å². The maximum Gasteiger partial charge on any atom is 0.319 e. The van der Waals surface area contributed by atoms with Gasteiger partial charge in [0.2, 0.25) is 0 Å². The molecule has 7 nitrogen and oxygen atoms in total. The zero-order valence-corrected chi connectivity index (χ0v) is 13.6. The van der Waals surface area contributed by atoms with Gasteiger partial charge in [-0.15, -0.1) is 0 Å². The number of amides is 2. The first-order valence-electron chi connectivity index (χ1n) is 7.97. The van der Waals surface area contributed by atoms with E-state index < -0.39 is 0 Å². The SMILES string of the molecule is C[C@@H]1CN(c2ccc(CNC(=O)Nc3cccnc3)cn2)CCO1. The van der Waals surface area contributed by atoms with Crippen LogP contribution in [0, 0.1) is 0 Å². The molecule has 0 aromatic carbocycles. The number of morpholine rings is 1. The van der Waals surface area contributed by atoms with Crippen LogP contribution in [0.1, 0.15) is 12.5 Å². The smallest absolute Gasteiger partial charge is 0.319 e. The lowest BCUT2D eigenvalue weighted by molar-refractivity contribution is 0.0529. The fourth-order valence-electron chi connectivity index (χ4n) is 2.53. The first kappa shape index (κ1) is 16.2. The lowest BCUT2D eigenvalue weighted by atomic mass is 10.2. The molecule has 0 unspecified atom stereocenters. The van der Waals surface area contributed by atoms with E-state index in [0.717, 1.165) is 31.1 Å². The molecule has 0 aliphatic carbocycles. The quantitative estimate of drug-likeness (QED) is 0.898. The Morgan fingerprint density at radius 2 is 2.29 bits per heavy atom. The van der Waals surface area contributed by atoms with Crippen molar-refractivity contribution >= 4 is 17.5 Å². The monoisotopic (exact) mass is 327 g/mol. The van der Waals surface area contributed by atoms with E-state index in [1.165, 1.54) is 0 Å². The predicted octanol–water partition coefficient (Wildman–Crippen LogP) is 2.02. The van der Waals surface area contributed by atoms with Gasteiger partial charge in [-0.25, -0.2) is 9.78 Å². The Labute approximate surface area is 141 Å². The number of hydrogen-bond donors (Lipinski definition) is 2. The van der Waals surface area contributed by atoms with E-state index >= 15 is 0 Å². The fourth-order valence-corrected chi connectivity index (χ4v) is 2.53. The predicted molar refractivity (Wildman–Crippen MR) is 92.0 cm³/mol. The Balaban J connectivity index is 1.50. The number of ether oxygens (including phenoxy) is 1. The van der Waals surface area contributed by atoms with Gasteiger partial charge in [0.25, 0.3) is 0 Å². The molecule has 3 rings (SSSR count). The molecular weight excluding hydrogens is 306 g/mol. The summed E-state index contributed by atoms with van der Waals surface area (Å²) in [4.78, 5) is 22.5. The largest absolute Gasteiger partial charge is 0.375 e. The minimum Gasteiger partial charge on any atom is -0.375 e. The number of aromatic nitrogens is 2. The molecule has 24 heavy (non-hydrogen) atoms. The van der Waals surface area contributed by atoms with Crippen LogP contribution < -0.4 is 15.5 Å². The van der Waals surface area contributed by atoms with Gasteiger partial charge >= 0.3 is 6.03 Å². The van der Waals surface area contributed by atoms with E-state index in [-0.39, 0.29) is 12.1 Å². The zero-order chi connectivity index (χ0) is 16.8. The highest BCUT2D eigenvalue weighted by molar-refractivity contribution is 5.88. The van der Waals surface area contributed by atoms with Gasteiger partial charge in [-0.3, -0.25) is 4.98 Å². The van der Waals surface area contributed by atoms with Gasteiger partial charge in [0.1, 0.15) is 5.82 Å². The molecule has 2 amide bonds. The average Bonchev–Trinajstić information content (AvgIpc) is 2.61. The van der Waals surface area contributed by atoms with Crippen molar-refractivity contribution in [1.29, 1.82) is 0 Å². The highest BCUT2D eigenvalue weighted by Gasteiger charge is 2.17. The first-order valence-corrected chi connectivity index (χ1v) is 7.97. The maximum atomic E-state index is 11.8. The van der Waals surface area contributed by atoms with Crippen molar-refractivity contribution in [2.75, 3.05) is 29.9 Å². The highest BCUT2D eigenvalue weighted by atomic mass is 16.5. The van der Waals surface area contributed by atoms with Gasteiger partial charge in [-0.1, -0.05) is 6.07 Å². The summed E-state index contributed by atoms with van der Waals surface area (Å²) in [6.07, 6.45) is 5.27. The lowest BCUT2D eigenvalue weighted by Crippen LogP contribution is -2.41. The summed E-state index contributed by atoms with van der Waals surface area (Å²) < 4.78 is 5.54. The Kier molecular flexibility index (Phi) is 5.22. The molecule has 0 radical (unpaired) electrons. The Bertz CT molecular complexity index is 662. The van der Waals surface area contributed by atoms with E-state index in [2.05, 4.69) is 32.4 Å².